The number of amides is 1. The number of rotatable bonds is 8. The molecule has 0 aliphatic heterocycles. The molecule has 1 amide bonds. The quantitative estimate of drug-likeness (QED) is 0.798. The first-order chi connectivity index (χ1) is 9.96. The highest BCUT2D eigenvalue weighted by atomic mass is 32.2. The van der Waals surface area contributed by atoms with Crippen LogP contribution < -0.4 is 5.32 Å². The van der Waals surface area contributed by atoms with Gasteiger partial charge < -0.3 is 5.32 Å². The molecule has 6 heteroatoms. The summed E-state index contributed by atoms with van der Waals surface area (Å²) in [6.07, 6.45) is 3.14. The van der Waals surface area contributed by atoms with E-state index in [0.29, 0.717) is 5.69 Å². The normalized spacial score (nSPS) is 10.9. The van der Waals surface area contributed by atoms with Crippen LogP contribution in [-0.2, 0) is 21.1 Å². The van der Waals surface area contributed by atoms with E-state index in [2.05, 4.69) is 12.2 Å². The minimum Gasteiger partial charge on any atom is -0.325 e. The number of hydrogen-bond donors (Lipinski definition) is 1. The summed E-state index contributed by atoms with van der Waals surface area (Å²) in [7, 11) is -3.52. The zero-order chi connectivity index (χ0) is 15.7. The molecule has 0 unspecified atom stereocenters. The van der Waals surface area contributed by atoms with Gasteiger partial charge >= 0.3 is 0 Å². The molecule has 0 heterocycles. The van der Waals surface area contributed by atoms with E-state index in [-0.39, 0.29) is 12.2 Å². The predicted octanol–water partition coefficient (Wildman–Crippen LogP) is 2.30. The third-order valence-corrected chi connectivity index (χ3v) is 4.46. The number of benzene rings is 1. The monoisotopic (exact) mass is 308 g/mol. The molecule has 5 nitrogen and oxygen atoms in total. The topological polar surface area (TPSA) is 87.0 Å². The predicted molar refractivity (Wildman–Crippen MR) is 82.6 cm³/mol. The van der Waals surface area contributed by atoms with Gasteiger partial charge in [0.15, 0.2) is 9.84 Å². The number of aryl methyl sites for hydroxylation is 1. The minimum absolute atomic E-state index is 0.0955. The van der Waals surface area contributed by atoms with Crippen molar-refractivity contribution < 1.29 is 13.2 Å². The smallest absolute Gasteiger partial charge is 0.239 e. The Bertz CT molecular complexity index is 601. The first kappa shape index (κ1) is 17.2. The Hall–Kier alpha value is -1.87. The Kier molecular flexibility index (Phi) is 6.89. The zero-order valence-corrected chi connectivity index (χ0v) is 12.9. The fraction of sp³-hybridized carbons (Fsp3) is 0.467. The summed E-state index contributed by atoms with van der Waals surface area (Å²) < 4.78 is 23.1. The van der Waals surface area contributed by atoms with Crippen LogP contribution in [0.25, 0.3) is 0 Å². The number of unbranched alkanes of at least 4 members (excludes halogenated alkanes) is 1. The van der Waals surface area contributed by atoms with Crippen molar-refractivity contribution >= 4 is 21.4 Å². The first-order valence-corrected chi connectivity index (χ1v) is 8.75. The van der Waals surface area contributed by atoms with Crippen molar-refractivity contribution in [2.45, 2.75) is 32.6 Å². The third-order valence-electron chi connectivity index (χ3n) is 2.93. The summed E-state index contributed by atoms with van der Waals surface area (Å²) in [4.78, 5) is 11.7. The molecule has 0 bridgehead atoms. The van der Waals surface area contributed by atoms with Gasteiger partial charge in [0.25, 0.3) is 0 Å². The van der Waals surface area contributed by atoms with Crippen LogP contribution in [-0.4, -0.2) is 25.8 Å². The van der Waals surface area contributed by atoms with Crippen LogP contribution >= 0.6 is 0 Å². The van der Waals surface area contributed by atoms with E-state index in [1.54, 1.807) is 18.2 Å². The van der Waals surface area contributed by atoms with Gasteiger partial charge in [0.05, 0.1) is 11.8 Å². The minimum atomic E-state index is -3.52. The number of anilines is 1. The van der Waals surface area contributed by atoms with Crippen molar-refractivity contribution in [3.63, 3.8) is 0 Å². The molecule has 0 aliphatic rings. The largest absolute Gasteiger partial charge is 0.325 e. The van der Waals surface area contributed by atoms with Crippen molar-refractivity contribution in [3.05, 3.63) is 29.8 Å². The van der Waals surface area contributed by atoms with E-state index in [9.17, 15) is 13.2 Å². The second-order valence-electron chi connectivity index (χ2n) is 4.85. The molecule has 0 radical (unpaired) electrons. The first-order valence-electron chi connectivity index (χ1n) is 6.93. The van der Waals surface area contributed by atoms with Crippen molar-refractivity contribution in [1.29, 1.82) is 5.26 Å². The van der Waals surface area contributed by atoms with Gasteiger partial charge in [0.1, 0.15) is 5.75 Å². The van der Waals surface area contributed by atoms with Gasteiger partial charge in [0.2, 0.25) is 5.91 Å². The summed E-state index contributed by atoms with van der Waals surface area (Å²) in [6.45, 7) is 2.13. The van der Waals surface area contributed by atoms with Gasteiger partial charge in [-0.2, -0.15) is 5.26 Å². The fourth-order valence-corrected chi connectivity index (χ4v) is 2.82. The Morgan fingerprint density at radius 1 is 1.29 bits per heavy atom. The Morgan fingerprint density at radius 3 is 2.52 bits per heavy atom. The third kappa shape index (κ3) is 6.91. The van der Waals surface area contributed by atoms with Crippen LogP contribution in [0.15, 0.2) is 24.3 Å². The van der Waals surface area contributed by atoms with Crippen molar-refractivity contribution in [2.24, 2.45) is 0 Å². The number of nitriles is 1. The number of carbonyl (C=O) groups is 1. The summed E-state index contributed by atoms with van der Waals surface area (Å²) in [5.41, 5.74) is 1.77. The second kappa shape index (κ2) is 8.42. The highest BCUT2D eigenvalue weighted by Crippen LogP contribution is 2.12. The van der Waals surface area contributed by atoms with Crippen LogP contribution in [0.4, 0.5) is 5.69 Å². The average Bonchev–Trinajstić information content (AvgIpc) is 2.44. The van der Waals surface area contributed by atoms with E-state index in [4.69, 9.17) is 5.26 Å². The average molecular weight is 308 g/mol. The molecule has 0 saturated heterocycles. The lowest BCUT2D eigenvalue weighted by molar-refractivity contribution is -0.113. The van der Waals surface area contributed by atoms with Crippen molar-refractivity contribution in [1.82, 2.24) is 0 Å². The Balaban J connectivity index is 2.53. The summed E-state index contributed by atoms with van der Waals surface area (Å²) in [6, 6.07) is 9.15. The molecule has 0 aliphatic carbocycles. The SMILES string of the molecule is CCCCc1ccc(NC(=O)CS(=O)(=O)CCC#N)cc1. The van der Waals surface area contributed by atoms with Crippen LogP contribution in [0.2, 0.25) is 0 Å². The van der Waals surface area contributed by atoms with E-state index in [0.717, 1.165) is 19.3 Å². The molecule has 0 atom stereocenters. The molecule has 21 heavy (non-hydrogen) atoms. The maximum absolute atomic E-state index is 11.7. The lowest BCUT2D eigenvalue weighted by atomic mass is 10.1. The molecule has 0 fully saturated rings. The van der Waals surface area contributed by atoms with E-state index in [1.165, 1.54) is 5.56 Å². The zero-order valence-electron chi connectivity index (χ0n) is 12.1. The Morgan fingerprint density at radius 2 is 1.95 bits per heavy atom. The number of hydrogen-bond acceptors (Lipinski definition) is 4. The highest BCUT2D eigenvalue weighted by molar-refractivity contribution is 7.92. The van der Waals surface area contributed by atoms with Gasteiger partial charge in [-0.3, -0.25) is 4.79 Å². The van der Waals surface area contributed by atoms with Gasteiger partial charge in [0, 0.05) is 12.1 Å². The maximum Gasteiger partial charge on any atom is 0.239 e. The molecular weight excluding hydrogens is 288 g/mol. The van der Waals surface area contributed by atoms with Crippen LogP contribution in [0.5, 0.6) is 0 Å². The second-order valence-corrected chi connectivity index (χ2v) is 7.03. The fourth-order valence-electron chi connectivity index (χ4n) is 1.81. The number of sulfone groups is 1. The molecule has 1 aromatic carbocycles. The Labute approximate surface area is 125 Å². The number of nitrogens with zero attached hydrogens (tertiary/aromatic N) is 1. The lowest BCUT2D eigenvalue weighted by Crippen LogP contribution is -2.24. The molecule has 0 spiro atoms. The summed E-state index contributed by atoms with van der Waals surface area (Å²) >= 11 is 0. The van der Waals surface area contributed by atoms with E-state index < -0.39 is 21.5 Å². The lowest BCUT2D eigenvalue weighted by Gasteiger charge is -2.07. The van der Waals surface area contributed by atoms with Gasteiger partial charge in [-0.25, -0.2) is 8.42 Å². The highest BCUT2D eigenvalue weighted by Gasteiger charge is 2.16. The number of carbonyl (C=O) groups excluding carboxylic acids is 1. The van der Waals surface area contributed by atoms with E-state index in [1.807, 2.05) is 12.1 Å². The van der Waals surface area contributed by atoms with Crippen molar-refractivity contribution in [3.8, 4) is 6.07 Å². The van der Waals surface area contributed by atoms with E-state index >= 15 is 0 Å². The molecule has 1 N–H and O–H groups in total. The van der Waals surface area contributed by atoms with Crippen LogP contribution in [0.1, 0.15) is 31.7 Å². The molecule has 114 valence electrons. The summed E-state index contributed by atoms with van der Waals surface area (Å²) in [5.74, 6) is -1.45. The summed E-state index contributed by atoms with van der Waals surface area (Å²) in [5, 5.41) is 10.9. The standard InChI is InChI=1S/C15H20N2O3S/c1-2-3-5-13-6-8-14(9-7-13)17-15(18)12-21(19,20)11-4-10-16/h6-9H,2-5,11-12H2,1H3,(H,17,18). The number of nitrogens with one attached hydrogen (secondary N) is 1. The van der Waals surface area contributed by atoms with Gasteiger partial charge in [-0.1, -0.05) is 25.5 Å². The van der Waals surface area contributed by atoms with Gasteiger partial charge in [-0.15, -0.1) is 0 Å². The molecular formula is C15H20N2O3S. The molecule has 1 rings (SSSR count). The molecule has 1 aromatic rings. The van der Waals surface area contributed by atoms with Crippen LogP contribution in [0, 0.1) is 11.3 Å². The molecule has 0 aromatic heterocycles. The maximum atomic E-state index is 11.7. The van der Waals surface area contributed by atoms with Crippen molar-refractivity contribution in [2.75, 3.05) is 16.8 Å². The molecule has 0 saturated carbocycles. The van der Waals surface area contributed by atoms with Crippen LogP contribution in [0.3, 0.4) is 0 Å². The van der Waals surface area contributed by atoms with Gasteiger partial charge in [-0.05, 0) is 30.5 Å².